The molecule has 0 amide bonds. The third-order valence-corrected chi connectivity index (χ3v) is 2.95. The zero-order chi connectivity index (χ0) is 14.5. The van der Waals surface area contributed by atoms with Crippen molar-refractivity contribution >= 4 is 11.9 Å². The van der Waals surface area contributed by atoms with Crippen LogP contribution in [0.3, 0.4) is 0 Å². The summed E-state index contributed by atoms with van der Waals surface area (Å²) in [5.41, 5.74) is 2.45. The van der Waals surface area contributed by atoms with Gasteiger partial charge in [0.05, 0.1) is 18.8 Å². The minimum Gasteiger partial charge on any atom is -0.461 e. The van der Waals surface area contributed by atoms with Crippen molar-refractivity contribution in [2.45, 2.75) is 39.4 Å². The lowest BCUT2D eigenvalue weighted by atomic mass is 10.2. The van der Waals surface area contributed by atoms with Crippen molar-refractivity contribution in [3.63, 3.8) is 0 Å². The summed E-state index contributed by atoms with van der Waals surface area (Å²) in [7, 11) is 0. The zero-order valence-electron chi connectivity index (χ0n) is 12.2. The highest BCUT2D eigenvalue weighted by molar-refractivity contribution is 5.38. The molecular weight excluding hydrogens is 260 g/mol. The van der Waals surface area contributed by atoms with E-state index in [1.54, 1.807) is 0 Å². The summed E-state index contributed by atoms with van der Waals surface area (Å²) >= 11 is 0. The highest BCUT2D eigenvalue weighted by atomic mass is 16.5. The van der Waals surface area contributed by atoms with Gasteiger partial charge < -0.3 is 14.4 Å². The van der Waals surface area contributed by atoms with Crippen LogP contribution in [-0.2, 0) is 4.74 Å². The SMILES string of the molecule is CCC1CN(c2nc(NN)nc(OC(C)C)n2)CCO1. The molecule has 8 heteroatoms. The molecule has 1 aliphatic heterocycles. The smallest absolute Gasteiger partial charge is 0.323 e. The minimum atomic E-state index is -0.0102. The molecule has 1 aromatic rings. The number of nitrogens with two attached hydrogens (primary N) is 1. The summed E-state index contributed by atoms with van der Waals surface area (Å²) < 4.78 is 11.2. The number of rotatable bonds is 5. The van der Waals surface area contributed by atoms with Gasteiger partial charge >= 0.3 is 6.01 Å². The molecular formula is C12H22N6O2. The van der Waals surface area contributed by atoms with Crippen molar-refractivity contribution in [3.8, 4) is 6.01 Å². The van der Waals surface area contributed by atoms with Crippen molar-refractivity contribution < 1.29 is 9.47 Å². The lowest BCUT2D eigenvalue weighted by molar-refractivity contribution is 0.0378. The van der Waals surface area contributed by atoms with Gasteiger partial charge in [0.2, 0.25) is 11.9 Å². The van der Waals surface area contributed by atoms with Crippen molar-refractivity contribution in [2.75, 3.05) is 30.0 Å². The molecule has 1 unspecified atom stereocenters. The lowest BCUT2D eigenvalue weighted by Gasteiger charge is -2.32. The van der Waals surface area contributed by atoms with Crippen molar-refractivity contribution in [1.82, 2.24) is 15.0 Å². The van der Waals surface area contributed by atoms with Crippen LogP contribution in [0.4, 0.5) is 11.9 Å². The number of ether oxygens (including phenoxy) is 2. The molecule has 1 saturated heterocycles. The second kappa shape index (κ2) is 6.67. The average molecular weight is 282 g/mol. The number of nitrogens with one attached hydrogen (secondary N) is 1. The van der Waals surface area contributed by atoms with Crippen LogP contribution in [0.1, 0.15) is 27.2 Å². The van der Waals surface area contributed by atoms with Crippen molar-refractivity contribution in [1.29, 1.82) is 0 Å². The van der Waals surface area contributed by atoms with E-state index in [2.05, 4.69) is 32.2 Å². The monoisotopic (exact) mass is 282 g/mol. The van der Waals surface area contributed by atoms with E-state index in [4.69, 9.17) is 15.3 Å². The van der Waals surface area contributed by atoms with E-state index in [1.165, 1.54) is 0 Å². The summed E-state index contributed by atoms with van der Waals surface area (Å²) in [4.78, 5) is 14.8. The summed E-state index contributed by atoms with van der Waals surface area (Å²) in [6.07, 6.45) is 1.15. The lowest BCUT2D eigenvalue weighted by Crippen LogP contribution is -2.43. The highest BCUT2D eigenvalue weighted by Crippen LogP contribution is 2.18. The number of nitrogens with zero attached hydrogens (tertiary/aromatic N) is 4. The fourth-order valence-electron chi connectivity index (χ4n) is 1.96. The third-order valence-electron chi connectivity index (χ3n) is 2.95. The van der Waals surface area contributed by atoms with Crippen molar-refractivity contribution in [3.05, 3.63) is 0 Å². The standard InChI is InChI=1S/C12H22N6O2/c1-4-9-7-18(5-6-19-9)11-14-10(17-13)15-12(16-11)20-8(2)3/h8-9H,4-7,13H2,1-3H3,(H,14,15,16,17). The molecule has 0 saturated carbocycles. The quantitative estimate of drug-likeness (QED) is 0.597. The molecule has 2 heterocycles. The highest BCUT2D eigenvalue weighted by Gasteiger charge is 2.22. The van der Waals surface area contributed by atoms with Gasteiger partial charge in [-0.25, -0.2) is 5.84 Å². The summed E-state index contributed by atoms with van der Waals surface area (Å²) in [5, 5.41) is 0. The average Bonchev–Trinajstić information content (AvgIpc) is 2.46. The van der Waals surface area contributed by atoms with Crippen LogP contribution in [0.25, 0.3) is 0 Å². The Morgan fingerprint density at radius 1 is 1.45 bits per heavy atom. The predicted octanol–water partition coefficient (Wildman–Crippen LogP) is 0.560. The molecule has 112 valence electrons. The van der Waals surface area contributed by atoms with E-state index in [9.17, 15) is 0 Å². The number of morpholine rings is 1. The molecule has 0 aromatic carbocycles. The van der Waals surface area contributed by atoms with E-state index >= 15 is 0 Å². The van der Waals surface area contributed by atoms with Gasteiger partial charge in [0, 0.05) is 13.1 Å². The topological polar surface area (TPSA) is 98.4 Å². The Balaban J connectivity index is 2.20. The molecule has 0 radical (unpaired) electrons. The normalized spacial score (nSPS) is 19.2. The van der Waals surface area contributed by atoms with Gasteiger partial charge in [-0.1, -0.05) is 6.92 Å². The second-order valence-electron chi connectivity index (χ2n) is 4.90. The Bertz CT molecular complexity index is 442. The molecule has 0 aliphatic carbocycles. The molecule has 0 bridgehead atoms. The molecule has 1 atom stereocenters. The van der Waals surface area contributed by atoms with Gasteiger partial charge in [-0.3, -0.25) is 5.43 Å². The fraction of sp³-hybridized carbons (Fsp3) is 0.750. The van der Waals surface area contributed by atoms with E-state index < -0.39 is 0 Å². The van der Waals surface area contributed by atoms with Crippen LogP contribution in [0.5, 0.6) is 6.01 Å². The Labute approximate surface area is 118 Å². The van der Waals surface area contributed by atoms with Crippen LogP contribution in [-0.4, -0.2) is 46.9 Å². The maximum absolute atomic E-state index is 5.65. The number of hydrogen-bond acceptors (Lipinski definition) is 8. The number of nitrogen functional groups attached to an aromatic ring is 1. The largest absolute Gasteiger partial charge is 0.461 e. The molecule has 1 aliphatic rings. The summed E-state index contributed by atoms with van der Waals surface area (Å²) in [6, 6.07) is 0.275. The molecule has 2 rings (SSSR count). The second-order valence-corrected chi connectivity index (χ2v) is 4.90. The number of hydrogen-bond donors (Lipinski definition) is 2. The van der Waals surface area contributed by atoms with Gasteiger partial charge in [0.1, 0.15) is 0 Å². The summed E-state index contributed by atoms with van der Waals surface area (Å²) in [6.45, 7) is 8.09. The predicted molar refractivity (Wildman–Crippen MR) is 75.6 cm³/mol. The van der Waals surface area contributed by atoms with Gasteiger partial charge in [-0.15, -0.1) is 0 Å². The maximum atomic E-state index is 5.65. The molecule has 8 nitrogen and oxygen atoms in total. The van der Waals surface area contributed by atoms with E-state index in [1.807, 2.05) is 13.8 Å². The van der Waals surface area contributed by atoms with Gasteiger partial charge in [-0.05, 0) is 20.3 Å². The van der Waals surface area contributed by atoms with Gasteiger partial charge in [-0.2, -0.15) is 15.0 Å². The van der Waals surface area contributed by atoms with Crippen LogP contribution < -0.4 is 20.9 Å². The Morgan fingerprint density at radius 3 is 2.90 bits per heavy atom. The third kappa shape index (κ3) is 3.67. The first kappa shape index (κ1) is 14.7. The number of aromatic nitrogens is 3. The maximum Gasteiger partial charge on any atom is 0.323 e. The first-order chi connectivity index (χ1) is 9.62. The molecule has 20 heavy (non-hydrogen) atoms. The van der Waals surface area contributed by atoms with Crippen LogP contribution in [0.15, 0.2) is 0 Å². The van der Waals surface area contributed by atoms with Crippen LogP contribution in [0, 0.1) is 0 Å². The number of anilines is 2. The van der Waals surface area contributed by atoms with Gasteiger partial charge in [0.15, 0.2) is 0 Å². The molecule has 1 aromatic heterocycles. The first-order valence-corrected chi connectivity index (χ1v) is 6.88. The Morgan fingerprint density at radius 2 is 2.25 bits per heavy atom. The zero-order valence-corrected chi connectivity index (χ0v) is 12.2. The van der Waals surface area contributed by atoms with Crippen LogP contribution in [0.2, 0.25) is 0 Å². The van der Waals surface area contributed by atoms with E-state index in [0.29, 0.717) is 18.5 Å². The van der Waals surface area contributed by atoms with Crippen molar-refractivity contribution in [2.24, 2.45) is 5.84 Å². The Hall–Kier alpha value is -1.67. The molecule has 1 fully saturated rings. The van der Waals surface area contributed by atoms with Gasteiger partial charge in [0.25, 0.3) is 0 Å². The Kier molecular flexibility index (Phi) is 4.91. The number of hydrazine groups is 1. The molecule has 0 spiro atoms. The molecule has 3 N–H and O–H groups in total. The minimum absolute atomic E-state index is 0.0102. The van der Waals surface area contributed by atoms with E-state index in [-0.39, 0.29) is 18.2 Å². The van der Waals surface area contributed by atoms with E-state index in [0.717, 1.165) is 19.5 Å². The summed E-state index contributed by atoms with van der Waals surface area (Å²) in [5.74, 6) is 6.26. The first-order valence-electron chi connectivity index (χ1n) is 6.88. The fourth-order valence-corrected chi connectivity index (χ4v) is 1.96. The van der Waals surface area contributed by atoms with Crippen LogP contribution >= 0.6 is 0 Å².